The molecule has 282 valence electrons. The molecule has 2 bridgehead atoms. The van der Waals surface area contributed by atoms with Crippen molar-refractivity contribution in [3.63, 3.8) is 0 Å². The van der Waals surface area contributed by atoms with Gasteiger partial charge in [-0.3, -0.25) is 4.79 Å². The highest BCUT2D eigenvalue weighted by Crippen LogP contribution is 2.49. The fourth-order valence-electron chi connectivity index (χ4n) is 9.44. The van der Waals surface area contributed by atoms with Crippen molar-refractivity contribution in [2.45, 2.75) is 44.3 Å². The number of benzene rings is 3. The number of phenolic OH excluding ortho intramolecular Hbond substituents is 1. The molecule has 5 fully saturated rings. The van der Waals surface area contributed by atoms with Crippen LogP contribution in [-0.2, 0) is 11.2 Å². The number of imidazole rings is 1. The van der Waals surface area contributed by atoms with E-state index >= 15 is 4.39 Å². The van der Waals surface area contributed by atoms with Gasteiger partial charge in [0.25, 0.3) is 0 Å². The average Bonchev–Trinajstić information content (AvgIpc) is 3.91. The van der Waals surface area contributed by atoms with Gasteiger partial charge in [-0.2, -0.15) is 0 Å². The van der Waals surface area contributed by atoms with Crippen molar-refractivity contribution in [3.05, 3.63) is 78.1 Å². The molecule has 1 aliphatic carbocycles. The summed E-state index contributed by atoms with van der Waals surface area (Å²) in [5, 5.41) is 16.9. The third-order valence-corrected chi connectivity index (χ3v) is 12.5. The Hall–Kier alpha value is -5.40. The largest absolute Gasteiger partial charge is 0.508 e. The summed E-state index contributed by atoms with van der Waals surface area (Å²) in [6.07, 6.45) is 5.38. The predicted octanol–water partition coefficient (Wildman–Crippen LogP) is 4.91. The topological polar surface area (TPSA) is 119 Å². The van der Waals surface area contributed by atoms with Crippen LogP contribution in [0.5, 0.6) is 5.75 Å². The zero-order valence-corrected chi connectivity index (χ0v) is 31.4. The van der Waals surface area contributed by atoms with Crippen LogP contribution in [0, 0.1) is 18.7 Å². The van der Waals surface area contributed by atoms with Crippen LogP contribution in [0.25, 0.3) is 43.8 Å². The number of carbonyl (C=O) groups excluding carboxylic acids is 1. The lowest BCUT2D eigenvalue weighted by Crippen LogP contribution is -2.57. The summed E-state index contributed by atoms with van der Waals surface area (Å²) in [6.45, 7) is 6.97. The highest BCUT2D eigenvalue weighted by atomic mass is 19.1. The number of rotatable bonds is 8. The number of piperazine rings is 1. The van der Waals surface area contributed by atoms with Crippen LogP contribution in [0.15, 0.2) is 60.9 Å². The molecule has 7 heterocycles. The quantitative estimate of drug-likeness (QED) is 0.223. The van der Waals surface area contributed by atoms with Gasteiger partial charge in [0.05, 0.1) is 11.6 Å². The second-order valence-electron chi connectivity index (χ2n) is 16.0. The number of hydrogen-bond donors (Lipinski definition) is 2. The Kier molecular flexibility index (Phi) is 8.14. The Morgan fingerprint density at radius 2 is 1.75 bits per heavy atom. The SMILES string of the molecule is Cc1cc2c(nc(N3CC(N(C)C)C3)c3nc(CCC(=O)N4CCN(c5ncccn5)CC4)n(C4C5CNC4C5)c32)c(F)c1-c1cc(O)cc2ccccc12. The zero-order chi connectivity index (χ0) is 37.5. The van der Waals surface area contributed by atoms with Gasteiger partial charge in [-0.05, 0) is 79.5 Å². The van der Waals surface area contributed by atoms with Crippen molar-refractivity contribution < 1.29 is 14.3 Å². The first-order valence-corrected chi connectivity index (χ1v) is 19.4. The van der Waals surface area contributed by atoms with Crippen LogP contribution in [0.4, 0.5) is 16.2 Å². The van der Waals surface area contributed by atoms with E-state index in [9.17, 15) is 9.90 Å². The fourth-order valence-corrected chi connectivity index (χ4v) is 9.44. The first kappa shape index (κ1) is 34.1. The molecule has 3 unspecified atom stereocenters. The van der Waals surface area contributed by atoms with Gasteiger partial charge in [-0.25, -0.2) is 24.3 Å². The number of aryl methyl sites for hydroxylation is 2. The minimum absolute atomic E-state index is 0.0873. The first-order chi connectivity index (χ1) is 26.7. The van der Waals surface area contributed by atoms with E-state index in [0.29, 0.717) is 85.4 Å². The zero-order valence-electron chi connectivity index (χ0n) is 31.4. The molecule has 11 rings (SSSR count). The number of hydrogen-bond acceptors (Lipinski definition) is 10. The number of nitrogens with zero attached hydrogens (tertiary/aromatic N) is 9. The van der Waals surface area contributed by atoms with Crippen molar-refractivity contribution >= 4 is 50.4 Å². The highest BCUT2D eigenvalue weighted by Gasteiger charge is 2.49. The number of amides is 1. The van der Waals surface area contributed by atoms with Gasteiger partial charge in [-0.1, -0.05) is 24.3 Å². The van der Waals surface area contributed by atoms with E-state index in [2.05, 4.69) is 54.7 Å². The third kappa shape index (κ3) is 5.57. The fraction of sp³-hybridized carbons (Fsp3) is 0.405. The Morgan fingerprint density at radius 1 is 0.964 bits per heavy atom. The molecule has 2 N–H and O–H groups in total. The van der Waals surface area contributed by atoms with Crippen molar-refractivity contribution in [3.8, 4) is 16.9 Å². The molecule has 55 heavy (non-hydrogen) atoms. The van der Waals surface area contributed by atoms with E-state index in [1.54, 1.807) is 30.6 Å². The number of aromatic nitrogens is 5. The number of carbonyl (C=O) groups is 1. The lowest BCUT2D eigenvalue weighted by atomic mass is 9.79. The van der Waals surface area contributed by atoms with E-state index in [1.165, 1.54) is 0 Å². The number of fused-ring (bicyclic) bond motifs is 5. The molecule has 3 aromatic heterocycles. The summed E-state index contributed by atoms with van der Waals surface area (Å²) < 4.78 is 19.8. The monoisotopic (exact) mass is 740 g/mol. The van der Waals surface area contributed by atoms with Crippen molar-refractivity contribution in [2.75, 3.05) is 69.7 Å². The highest BCUT2D eigenvalue weighted by molar-refractivity contribution is 6.10. The van der Waals surface area contributed by atoms with Gasteiger partial charge in [0.2, 0.25) is 11.9 Å². The summed E-state index contributed by atoms with van der Waals surface area (Å²) >= 11 is 0. The number of aromatic hydroxyl groups is 1. The van der Waals surface area contributed by atoms with Crippen LogP contribution in [0.2, 0.25) is 0 Å². The Morgan fingerprint density at radius 3 is 2.47 bits per heavy atom. The molecular weight excluding hydrogens is 696 g/mol. The average molecular weight is 741 g/mol. The number of phenols is 1. The van der Waals surface area contributed by atoms with E-state index in [1.807, 2.05) is 36.1 Å². The number of nitrogens with one attached hydrogen (secondary N) is 1. The van der Waals surface area contributed by atoms with E-state index in [-0.39, 0.29) is 17.7 Å². The summed E-state index contributed by atoms with van der Waals surface area (Å²) in [6, 6.07) is 15.8. The van der Waals surface area contributed by atoms with Crippen molar-refractivity contribution in [1.29, 1.82) is 0 Å². The number of likely N-dealkylation sites (N-methyl/N-ethyl adjacent to an activating group) is 1. The second kappa shape index (κ2) is 13.1. The Bertz CT molecular complexity index is 2460. The van der Waals surface area contributed by atoms with Gasteiger partial charge in [-0.15, -0.1) is 0 Å². The van der Waals surface area contributed by atoms with Gasteiger partial charge in [0.1, 0.15) is 22.6 Å². The maximum absolute atomic E-state index is 17.5. The number of anilines is 2. The molecule has 5 aliphatic rings. The van der Waals surface area contributed by atoms with E-state index in [0.717, 1.165) is 64.6 Å². The minimum Gasteiger partial charge on any atom is -0.508 e. The van der Waals surface area contributed by atoms with Crippen LogP contribution in [-0.4, -0.2) is 117 Å². The van der Waals surface area contributed by atoms with Gasteiger partial charge < -0.3 is 34.6 Å². The molecule has 13 heteroatoms. The van der Waals surface area contributed by atoms with Crippen LogP contribution >= 0.6 is 0 Å². The molecular formula is C42H45FN10O2. The normalized spacial score (nSPS) is 21.3. The van der Waals surface area contributed by atoms with Gasteiger partial charge in [0.15, 0.2) is 11.6 Å². The number of pyridine rings is 1. The lowest BCUT2D eigenvalue weighted by molar-refractivity contribution is -0.131. The maximum Gasteiger partial charge on any atom is 0.225 e. The molecule has 4 saturated heterocycles. The standard InChI is InChI=1S/C42H45FN10O2/c1-24-17-31-37(36(43)35(24)30-20-28(54)18-25-7-4-5-8-29(25)30)48-41(52-22-27(23-52)49(2)3)38-40(31)53(39-26-19-32(39)46-21-26)33(47-38)9-10-34(55)50-13-15-51(16-14-50)42-44-11-6-12-45-42/h4-8,11-12,17-18,20,26-27,32,39,46,54H,9-10,13-16,19,21-23H2,1-3H3. The first-order valence-electron chi connectivity index (χ1n) is 19.4. The maximum atomic E-state index is 17.5. The molecule has 3 aromatic carbocycles. The molecule has 12 nitrogen and oxygen atoms in total. The smallest absolute Gasteiger partial charge is 0.225 e. The molecule has 0 radical (unpaired) electrons. The molecule has 1 amide bonds. The van der Waals surface area contributed by atoms with Gasteiger partial charge >= 0.3 is 0 Å². The van der Waals surface area contributed by atoms with Crippen LogP contribution < -0.4 is 15.1 Å². The van der Waals surface area contributed by atoms with Crippen LogP contribution in [0.3, 0.4) is 0 Å². The predicted molar refractivity (Wildman–Crippen MR) is 212 cm³/mol. The minimum atomic E-state index is -0.405. The summed E-state index contributed by atoms with van der Waals surface area (Å²) in [7, 11) is 4.16. The second-order valence-corrected chi connectivity index (χ2v) is 16.0. The van der Waals surface area contributed by atoms with Crippen molar-refractivity contribution in [2.24, 2.45) is 5.92 Å². The third-order valence-electron chi connectivity index (χ3n) is 12.5. The molecule has 1 saturated carbocycles. The van der Waals surface area contributed by atoms with Crippen molar-refractivity contribution in [1.82, 2.24) is 39.6 Å². The Balaban J connectivity index is 1.08. The van der Waals surface area contributed by atoms with E-state index < -0.39 is 5.82 Å². The number of halogens is 1. The molecule has 0 spiro atoms. The lowest BCUT2D eigenvalue weighted by Gasteiger charge is -2.43. The molecule has 3 atom stereocenters. The van der Waals surface area contributed by atoms with E-state index in [4.69, 9.17) is 9.97 Å². The summed E-state index contributed by atoms with van der Waals surface area (Å²) in [5.41, 5.74) is 3.79. The van der Waals surface area contributed by atoms with Gasteiger partial charge in [0, 0.05) is 94.1 Å². The summed E-state index contributed by atoms with van der Waals surface area (Å²) in [5.74, 6) is 2.44. The van der Waals surface area contributed by atoms with Crippen LogP contribution in [0.1, 0.15) is 30.3 Å². The Labute approximate surface area is 318 Å². The summed E-state index contributed by atoms with van der Waals surface area (Å²) in [4.78, 5) is 41.6. The molecule has 6 aromatic rings. The molecule has 4 aliphatic heterocycles.